The second-order valence-corrected chi connectivity index (χ2v) is 13.2. The summed E-state index contributed by atoms with van der Waals surface area (Å²) >= 11 is 0. The molecule has 16 heteroatoms. The van der Waals surface area contributed by atoms with E-state index in [0.717, 1.165) is 0 Å². The first-order valence-corrected chi connectivity index (χ1v) is 18.9. The Bertz CT molecular complexity index is 2390. The Kier molecular flexibility index (Phi) is 14.6. The minimum Gasteiger partial charge on any atom is -0.496 e. The Hall–Kier alpha value is -7.59. The highest BCUT2D eigenvalue weighted by Gasteiger charge is 2.56. The van der Waals surface area contributed by atoms with Gasteiger partial charge in [-0.1, -0.05) is 60.7 Å². The van der Waals surface area contributed by atoms with Crippen LogP contribution in [0, 0.1) is 0 Å². The van der Waals surface area contributed by atoms with Crippen molar-refractivity contribution in [3.05, 3.63) is 149 Å². The predicted octanol–water partition coefficient (Wildman–Crippen LogP) is 6.15. The molecule has 5 aromatic rings. The van der Waals surface area contributed by atoms with Gasteiger partial charge in [-0.2, -0.15) is 0 Å². The van der Waals surface area contributed by atoms with Crippen molar-refractivity contribution in [1.29, 1.82) is 0 Å². The summed E-state index contributed by atoms with van der Waals surface area (Å²) < 4.78 is 63.1. The van der Waals surface area contributed by atoms with Crippen molar-refractivity contribution in [3.63, 3.8) is 0 Å². The Labute approximate surface area is 356 Å². The fourth-order valence-electron chi connectivity index (χ4n) is 6.54. The molecule has 1 saturated heterocycles. The zero-order valence-corrected chi connectivity index (χ0v) is 34.2. The number of carbonyl (C=O) groups is 5. The largest absolute Gasteiger partial charge is 0.496 e. The van der Waals surface area contributed by atoms with Crippen molar-refractivity contribution < 1.29 is 76.1 Å². The average Bonchev–Trinajstić information content (AvgIpc) is 3.64. The number of hydrogen-bond donors (Lipinski definition) is 0. The van der Waals surface area contributed by atoms with Crippen LogP contribution in [-0.2, 0) is 28.4 Å². The van der Waals surface area contributed by atoms with Crippen LogP contribution in [0.25, 0.3) is 0 Å². The van der Waals surface area contributed by atoms with E-state index < -0.39 is 67.2 Å². The molecule has 0 spiro atoms. The molecule has 0 aliphatic carbocycles. The Balaban J connectivity index is 1.47. The van der Waals surface area contributed by atoms with Crippen molar-refractivity contribution >= 4 is 29.8 Å². The maximum Gasteiger partial charge on any atom is 0.344 e. The van der Waals surface area contributed by atoms with E-state index >= 15 is 0 Å². The van der Waals surface area contributed by atoms with Crippen LogP contribution >= 0.6 is 0 Å². The fourth-order valence-corrected chi connectivity index (χ4v) is 6.54. The van der Waals surface area contributed by atoms with Gasteiger partial charge in [0.2, 0.25) is 12.4 Å². The number of benzene rings is 5. The molecule has 0 bridgehead atoms. The molecule has 1 fully saturated rings. The van der Waals surface area contributed by atoms with E-state index in [1.807, 2.05) is 0 Å². The van der Waals surface area contributed by atoms with Gasteiger partial charge in [0.15, 0.2) is 12.2 Å². The molecule has 0 radical (unpaired) electrons. The highest BCUT2D eigenvalue weighted by molar-refractivity contribution is 5.95. The van der Waals surface area contributed by atoms with E-state index in [-0.39, 0.29) is 56.6 Å². The summed E-state index contributed by atoms with van der Waals surface area (Å²) in [7, 11) is 6.78. The van der Waals surface area contributed by atoms with Crippen molar-refractivity contribution in [1.82, 2.24) is 0 Å². The van der Waals surface area contributed by atoms with E-state index in [2.05, 4.69) is 0 Å². The Morgan fingerprint density at radius 3 is 1.15 bits per heavy atom. The molecule has 0 saturated carbocycles. The van der Waals surface area contributed by atoms with Crippen molar-refractivity contribution in [2.45, 2.75) is 30.7 Å². The molecule has 0 amide bonds. The topological polar surface area (TPSA) is 187 Å². The van der Waals surface area contributed by atoms with Gasteiger partial charge >= 0.3 is 29.8 Å². The van der Waals surface area contributed by atoms with Crippen LogP contribution in [0.3, 0.4) is 0 Å². The molecule has 1 aliphatic heterocycles. The molecule has 5 unspecified atom stereocenters. The second kappa shape index (κ2) is 20.6. The van der Waals surface area contributed by atoms with Gasteiger partial charge in [-0.25, -0.2) is 24.0 Å². The van der Waals surface area contributed by atoms with Crippen LogP contribution in [0.2, 0.25) is 0 Å². The second-order valence-electron chi connectivity index (χ2n) is 13.2. The van der Waals surface area contributed by atoms with E-state index in [0.29, 0.717) is 0 Å². The van der Waals surface area contributed by atoms with E-state index in [4.69, 9.17) is 52.1 Å². The molecular weight excluding hydrogens is 808 g/mol. The predicted molar refractivity (Wildman–Crippen MR) is 217 cm³/mol. The van der Waals surface area contributed by atoms with E-state index in [1.54, 1.807) is 66.7 Å². The van der Waals surface area contributed by atoms with Crippen LogP contribution in [0.1, 0.15) is 51.8 Å². The summed E-state index contributed by atoms with van der Waals surface area (Å²) in [6.45, 7) is -0.745. The highest BCUT2D eigenvalue weighted by Crippen LogP contribution is 2.36. The maximum atomic E-state index is 14.2. The smallest absolute Gasteiger partial charge is 0.344 e. The highest BCUT2D eigenvalue weighted by atomic mass is 16.8. The lowest BCUT2D eigenvalue weighted by molar-refractivity contribution is -0.156. The van der Waals surface area contributed by atoms with Gasteiger partial charge < -0.3 is 52.1 Å². The van der Waals surface area contributed by atoms with Gasteiger partial charge in [0.25, 0.3) is 0 Å². The number of esters is 5. The molecule has 322 valence electrons. The first kappa shape index (κ1) is 44.0. The van der Waals surface area contributed by atoms with Gasteiger partial charge in [0.05, 0.1) is 35.5 Å². The number of hydrogen-bond acceptors (Lipinski definition) is 16. The van der Waals surface area contributed by atoms with Gasteiger partial charge in [0.1, 0.15) is 69.3 Å². The average molecular weight is 851 g/mol. The molecule has 16 nitrogen and oxygen atoms in total. The summed E-state index contributed by atoms with van der Waals surface area (Å²) in [6.07, 6.45) is -8.79. The number of rotatable bonds is 17. The first-order chi connectivity index (χ1) is 30.1. The third-order valence-electron chi connectivity index (χ3n) is 9.55. The summed E-state index contributed by atoms with van der Waals surface area (Å²) in [6, 6.07) is 30.8. The quantitative estimate of drug-likeness (QED) is 0.0766. The fraction of sp³-hybridized carbons (Fsp3) is 0.239. The molecule has 5 atom stereocenters. The minimum atomic E-state index is -1.87. The van der Waals surface area contributed by atoms with Gasteiger partial charge in [-0.05, 0) is 60.7 Å². The molecule has 1 aliphatic rings. The van der Waals surface area contributed by atoms with E-state index in [1.165, 1.54) is 90.1 Å². The summed E-state index contributed by atoms with van der Waals surface area (Å²) in [5, 5.41) is 0. The van der Waals surface area contributed by atoms with Gasteiger partial charge in [-0.3, -0.25) is 0 Å². The van der Waals surface area contributed by atoms with Crippen LogP contribution in [-0.4, -0.2) is 103 Å². The molecule has 5 aromatic carbocycles. The molecule has 62 heavy (non-hydrogen) atoms. The number of methoxy groups -OCH3 is 5. The number of para-hydroxylation sites is 5. The lowest BCUT2D eigenvalue weighted by Crippen LogP contribution is -2.47. The molecule has 6 rings (SSSR count). The number of ether oxygens (including phenoxy) is 11. The van der Waals surface area contributed by atoms with Crippen molar-refractivity contribution in [2.24, 2.45) is 0 Å². The molecule has 1 heterocycles. The molecular formula is C46H42O16. The summed E-state index contributed by atoms with van der Waals surface area (Å²) in [5.74, 6) is -4.14. The summed E-state index contributed by atoms with van der Waals surface area (Å²) in [4.78, 5) is 69.8. The summed E-state index contributed by atoms with van der Waals surface area (Å²) in [5.41, 5.74) is -0.140. The molecule has 0 aromatic heterocycles. The Morgan fingerprint density at radius 2 is 0.758 bits per heavy atom. The first-order valence-electron chi connectivity index (χ1n) is 18.9. The van der Waals surface area contributed by atoms with E-state index in [9.17, 15) is 24.0 Å². The number of carbonyl (C=O) groups excluding carboxylic acids is 5. The standard InChI is InChI=1S/C46H42O16/c1-52-32-21-11-6-16-27(32)41(47)57-26-37(58-42(48)28-17-7-12-22-33(28)53-2)38-39(59-43(49)29-18-8-13-23-34(29)54-3)40(60-44(50)30-19-9-14-24-35(30)55-4)46(61-38)62-45(51)31-20-10-15-25-36(31)56-5/h6-25,37-40,46H,26H2,1-5H3. The lowest BCUT2D eigenvalue weighted by Gasteiger charge is -2.28. The monoisotopic (exact) mass is 850 g/mol. The normalized spacial score (nSPS) is 17.0. The van der Waals surface area contributed by atoms with Crippen LogP contribution in [0.5, 0.6) is 28.7 Å². The lowest BCUT2D eigenvalue weighted by atomic mass is 10.0. The van der Waals surface area contributed by atoms with Crippen molar-refractivity contribution in [3.8, 4) is 28.7 Å². The Morgan fingerprint density at radius 1 is 0.435 bits per heavy atom. The SMILES string of the molecule is COc1ccccc1C(=O)OCC(OC(=O)c1ccccc1OC)C1OC(OC(=O)c2ccccc2OC)C(OC(=O)c2ccccc2OC)C1OC(=O)c1ccccc1OC. The van der Waals surface area contributed by atoms with Gasteiger partial charge in [-0.15, -0.1) is 0 Å². The maximum absolute atomic E-state index is 14.2. The third-order valence-corrected chi connectivity index (χ3v) is 9.55. The zero-order chi connectivity index (χ0) is 44.2. The third kappa shape index (κ3) is 9.88. The van der Waals surface area contributed by atoms with Crippen LogP contribution in [0.15, 0.2) is 121 Å². The van der Waals surface area contributed by atoms with Crippen LogP contribution in [0.4, 0.5) is 0 Å². The van der Waals surface area contributed by atoms with Crippen molar-refractivity contribution in [2.75, 3.05) is 42.2 Å². The zero-order valence-electron chi connectivity index (χ0n) is 34.2. The van der Waals surface area contributed by atoms with Crippen LogP contribution < -0.4 is 23.7 Å². The minimum absolute atomic E-state index is 0.0310. The van der Waals surface area contributed by atoms with Gasteiger partial charge in [0, 0.05) is 0 Å². The molecule has 0 N–H and O–H groups in total.